The van der Waals surface area contributed by atoms with Crippen LogP contribution < -0.4 is 10.5 Å². The molecule has 18 heavy (non-hydrogen) atoms. The molecule has 0 spiro atoms. The van der Waals surface area contributed by atoms with E-state index in [0.29, 0.717) is 12.4 Å². The number of para-hydroxylation sites is 1. The van der Waals surface area contributed by atoms with Gasteiger partial charge in [0.05, 0.1) is 13.7 Å². The highest BCUT2D eigenvalue weighted by atomic mass is 16.5. The van der Waals surface area contributed by atoms with Crippen molar-refractivity contribution < 1.29 is 4.74 Å². The van der Waals surface area contributed by atoms with Gasteiger partial charge in [-0.25, -0.2) is 0 Å². The van der Waals surface area contributed by atoms with Gasteiger partial charge < -0.3 is 10.5 Å². The third-order valence-corrected chi connectivity index (χ3v) is 2.68. The Morgan fingerprint density at radius 3 is 2.44 bits per heavy atom. The fourth-order valence-corrected chi connectivity index (χ4v) is 1.70. The number of nitrogens with two attached hydrogens (primary N) is 1. The molecule has 0 aliphatic heterocycles. The summed E-state index contributed by atoms with van der Waals surface area (Å²) < 4.78 is 5.27. The lowest BCUT2D eigenvalue weighted by atomic mass is 10.2. The minimum atomic E-state index is 0.519. The van der Waals surface area contributed by atoms with Crippen molar-refractivity contribution in [3.05, 3.63) is 65.7 Å². The Morgan fingerprint density at radius 1 is 1.06 bits per heavy atom. The molecule has 0 unspecified atom stereocenters. The molecular formula is C15H16N2O. The molecule has 0 aromatic heterocycles. The molecule has 0 aliphatic carbocycles. The van der Waals surface area contributed by atoms with E-state index in [0.717, 1.165) is 16.9 Å². The maximum Gasteiger partial charge on any atom is 0.125 e. The average molecular weight is 240 g/mol. The number of hydrogen-bond acceptors (Lipinski definition) is 2. The first-order valence-electron chi connectivity index (χ1n) is 5.78. The lowest BCUT2D eigenvalue weighted by Gasteiger charge is -2.06. The van der Waals surface area contributed by atoms with Crippen molar-refractivity contribution in [1.82, 2.24) is 0 Å². The molecule has 0 fully saturated rings. The molecule has 0 atom stereocenters. The number of aliphatic imine (C=N–C) groups is 1. The molecule has 0 heterocycles. The van der Waals surface area contributed by atoms with Gasteiger partial charge in [-0.05, 0) is 6.07 Å². The lowest BCUT2D eigenvalue weighted by Crippen LogP contribution is -2.13. The molecule has 0 aliphatic rings. The van der Waals surface area contributed by atoms with Crippen LogP contribution in [0.5, 0.6) is 5.75 Å². The first-order valence-corrected chi connectivity index (χ1v) is 5.78. The van der Waals surface area contributed by atoms with Crippen LogP contribution in [0.1, 0.15) is 11.1 Å². The van der Waals surface area contributed by atoms with E-state index in [1.54, 1.807) is 7.11 Å². The molecule has 0 amide bonds. The van der Waals surface area contributed by atoms with E-state index in [2.05, 4.69) is 4.99 Å². The Bertz CT molecular complexity index is 535. The molecule has 0 radical (unpaired) electrons. The molecule has 92 valence electrons. The Hall–Kier alpha value is -2.29. The summed E-state index contributed by atoms with van der Waals surface area (Å²) in [6.07, 6.45) is 0. The highest BCUT2D eigenvalue weighted by Crippen LogP contribution is 2.18. The van der Waals surface area contributed by atoms with Gasteiger partial charge in [0.15, 0.2) is 0 Å². The number of rotatable bonds is 4. The summed E-state index contributed by atoms with van der Waals surface area (Å²) in [6, 6.07) is 17.5. The minimum absolute atomic E-state index is 0.519. The molecule has 2 rings (SSSR count). The highest BCUT2D eigenvalue weighted by molar-refractivity contribution is 5.97. The van der Waals surface area contributed by atoms with Gasteiger partial charge in [-0.15, -0.1) is 0 Å². The number of nitrogens with zero attached hydrogens (tertiary/aromatic N) is 1. The normalized spacial score (nSPS) is 11.3. The van der Waals surface area contributed by atoms with Gasteiger partial charge in [-0.1, -0.05) is 48.5 Å². The third kappa shape index (κ3) is 2.88. The second kappa shape index (κ2) is 5.87. The Morgan fingerprint density at radius 2 is 1.72 bits per heavy atom. The molecule has 3 nitrogen and oxygen atoms in total. The van der Waals surface area contributed by atoms with E-state index in [9.17, 15) is 0 Å². The van der Waals surface area contributed by atoms with Crippen LogP contribution in [0.25, 0.3) is 0 Å². The molecule has 0 bridgehead atoms. The Balaban J connectivity index is 2.15. The number of ether oxygens (including phenoxy) is 1. The molecular weight excluding hydrogens is 224 g/mol. The summed E-state index contributed by atoms with van der Waals surface area (Å²) in [5.74, 6) is 1.38. The zero-order valence-electron chi connectivity index (χ0n) is 10.3. The van der Waals surface area contributed by atoms with Crippen LogP contribution in [0, 0.1) is 0 Å². The predicted octanol–water partition coefficient (Wildman–Crippen LogP) is 2.60. The number of benzene rings is 2. The van der Waals surface area contributed by atoms with E-state index < -0.39 is 0 Å². The van der Waals surface area contributed by atoms with Crippen molar-refractivity contribution in [3.8, 4) is 5.75 Å². The first-order chi connectivity index (χ1) is 8.81. The van der Waals surface area contributed by atoms with E-state index in [1.165, 1.54) is 0 Å². The van der Waals surface area contributed by atoms with E-state index in [4.69, 9.17) is 10.5 Å². The van der Waals surface area contributed by atoms with E-state index >= 15 is 0 Å². The number of methoxy groups -OCH3 is 1. The summed E-state index contributed by atoms with van der Waals surface area (Å²) in [6.45, 7) is 0.519. The van der Waals surface area contributed by atoms with Gasteiger partial charge in [0.25, 0.3) is 0 Å². The van der Waals surface area contributed by atoms with Gasteiger partial charge >= 0.3 is 0 Å². The molecule has 2 aromatic carbocycles. The van der Waals surface area contributed by atoms with Gasteiger partial charge in [0, 0.05) is 11.1 Å². The number of amidine groups is 1. The van der Waals surface area contributed by atoms with Crippen molar-refractivity contribution in [3.63, 3.8) is 0 Å². The quantitative estimate of drug-likeness (QED) is 0.659. The summed E-state index contributed by atoms with van der Waals surface area (Å²) >= 11 is 0. The molecule has 2 N–H and O–H groups in total. The van der Waals surface area contributed by atoms with Crippen molar-refractivity contribution in [2.75, 3.05) is 7.11 Å². The van der Waals surface area contributed by atoms with Crippen molar-refractivity contribution in [2.45, 2.75) is 6.54 Å². The topological polar surface area (TPSA) is 47.6 Å². The Labute approximate surface area is 107 Å². The van der Waals surface area contributed by atoms with Crippen LogP contribution in [0.3, 0.4) is 0 Å². The van der Waals surface area contributed by atoms with Gasteiger partial charge in [0.1, 0.15) is 11.6 Å². The van der Waals surface area contributed by atoms with E-state index in [-0.39, 0.29) is 0 Å². The standard InChI is InChI=1S/C15H16N2O/c1-18-14-10-6-5-9-13(14)11-17-15(16)12-7-3-2-4-8-12/h2-10H,11H2,1H3,(H2,16,17). The SMILES string of the molecule is COc1ccccc1CN=C(N)c1ccccc1. The summed E-state index contributed by atoms with van der Waals surface area (Å²) in [5.41, 5.74) is 7.91. The van der Waals surface area contributed by atoms with Gasteiger partial charge in [0.2, 0.25) is 0 Å². The van der Waals surface area contributed by atoms with Crippen molar-refractivity contribution in [2.24, 2.45) is 10.7 Å². The molecule has 2 aromatic rings. The molecule has 0 saturated carbocycles. The van der Waals surface area contributed by atoms with Crippen LogP contribution in [0.15, 0.2) is 59.6 Å². The van der Waals surface area contributed by atoms with Crippen LogP contribution in [-0.4, -0.2) is 12.9 Å². The predicted molar refractivity (Wildman–Crippen MR) is 73.9 cm³/mol. The smallest absolute Gasteiger partial charge is 0.125 e. The zero-order valence-corrected chi connectivity index (χ0v) is 10.3. The fourth-order valence-electron chi connectivity index (χ4n) is 1.70. The van der Waals surface area contributed by atoms with E-state index in [1.807, 2.05) is 54.6 Å². The second-order valence-electron chi connectivity index (χ2n) is 3.88. The second-order valence-corrected chi connectivity index (χ2v) is 3.88. The summed E-state index contributed by atoms with van der Waals surface area (Å²) in [7, 11) is 1.66. The highest BCUT2D eigenvalue weighted by Gasteiger charge is 2.01. The monoisotopic (exact) mass is 240 g/mol. The van der Waals surface area contributed by atoms with Crippen LogP contribution in [0.2, 0.25) is 0 Å². The largest absolute Gasteiger partial charge is 0.496 e. The van der Waals surface area contributed by atoms with Gasteiger partial charge in [-0.3, -0.25) is 4.99 Å². The first kappa shape index (κ1) is 12.2. The van der Waals surface area contributed by atoms with Crippen LogP contribution in [-0.2, 0) is 6.54 Å². The maximum absolute atomic E-state index is 5.94. The summed E-state index contributed by atoms with van der Waals surface area (Å²) in [4.78, 5) is 4.39. The average Bonchev–Trinajstić information content (AvgIpc) is 2.46. The van der Waals surface area contributed by atoms with Crippen molar-refractivity contribution >= 4 is 5.84 Å². The minimum Gasteiger partial charge on any atom is -0.496 e. The maximum atomic E-state index is 5.94. The summed E-state index contributed by atoms with van der Waals surface area (Å²) in [5, 5.41) is 0. The van der Waals surface area contributed by atoms with Crippen LogP contribution in [0.4, 0.5) is 0 Å². The third-order valence-electron chi connectivity index (χ3n) is 2.68. The van der Waals surface area contributed by atoms with Crippen LogP contribution >= 0.6 is 0 Å². The lowest BCUT2D eigenvalue weighted by molar-refractivity contribution is 0.410. The molecule has 0 saturated heterocycles. The fraction of sp³-hybridized carbons (Fsp3) is 0.133. The van der Waals surface area contributed by atoms with Gasteiger partial charge in [-0.2, -0.15) is 0 Å². The molecule has 3 heteroatoms. The zero-order chi connectivity index (χ0) is 12.8. The van der Waals surface area contributed by atoms with Crippen molar-refractivity contribution in [1.29, 1.82) is 0 Å². The Kier molecular flexibility index (Phi) is 3.97. The number of hydrogen-bond donors (Lipinski definition) is 1.